The van der Waals surface area contributed by atoms with Crippen molar-refractivity contribution in [1.29, 1.82) is 0 Å². The van der Waals surface area contributed by atoms with Crippen LogP contribution in [0.4, 0.5) is 0 Å². The van der Waals surface area contributed by atoms with Crippen LogP contribution in [0.25, 0.3) is 10.8 Å². The summed E-state index contributed by atoms with van der Waals surface area (Å²) >= 11 is 0. The Bertz CT molecular complexity index is 722. The van der Waals surface area contributed by atoms with Gasteiger partial charge in [0.1, 0.15) is 0 Å². The molecular weight excluding hydrogens is 304 g/mol. The summed E-state index contributed by atoms with van der Waals surface area (Å²) < 4.78 is 9.02. The summed E-state index contributed by atoms with van der Waals surface area (Å²) in [6.07, 6.45) is 0. The summed E-state index contributed by atoms with van der Waals surface area (Å²) in [6, 6.07) is 22.8. The maximum absolute atomic E-state index is 11.0. The minimum absolute atomic E-state index is 0.403. The van der Waals surface area contributed by atoms with Gasteiger partial charge in [0.15, 0.2) is 0 Å². The van der Waals surface area contributed by atoms with Crippen molar-refractivity contribution in [1.82, 2.24) is 0 Å². The molecular formula is C20H18O4. The van der Waals surface area contributed by atoms with Gasteiger partial charge in [-0.1, -0.05) is 48.5 Å². The Morgan fingerprint density at radius 1 is 0.583 bits per heavy atom. The number of rotatable bonds is 2. The van der Waals surface area contributed by atoms with E-state index in [4.69, 9.17) is 0 Å². The first-order chi connectivity index (χ1) is 11.7. The van der Waals surface area contributed by atoms with Gasteiger partial charge in [-0.25, -0.2) is 9.59 Å². The molecule has 3 aromatic rings. The van der Waals surface area contributed by atoms with E-state index in [0.29, 0.717) is 11.1 Å². The Hall–Kier alpha value is -3.14. The molecule has 0 spiro atoms. The van der Waals surface area contributed by atoms with Crippen molar-refractivity contribution in [2.45, 2.75) is 0 Å². The van der Waals surface area contributed by atoms with Crippen LogP contribution in [0, 0.1) is 0 Å². The van der Waals surface area contributed by atoms with E-state index in [2.05, 4.69) is 58.0 Å². The molecule has 3 rings (SSSR count). The maximum atomic E-state index is 11.0. The highest BCUT2D eigenvalue weighted by Crippen LogP contribution is 2.11. The highest BCUT2D eigenvalue weighted by Gasteiger charge is 2.08. The fourth-order valence-corrected chi connectivity index (χ4v) is 2.11. The van der Waals surface area contributed by atoms with E-state index in [0.717, 1.165) is 0 Å². The number of ether oxygens (including phenoxy) is 2. The number of hydrogen-bond acceptors (Lipinski definition) is 4. The zero-order chi connectivity index (χ0) is 17.4. The lowest BCUT2D eigenvalue weighted by Gasteiger charge is -2.00. The molecule has 0 N–H and O–H groups in total. The topological polar surface area (TPSA) is 52.6 Å². The van der Waals surface area contributed by atoms with E-state index in [1.54, 1.807) is 0 Å². The van der Waals surface area contributed by atoms with E-state index >= 15 is 0 Å². The third-order valence-corrected chi connectivity index (χ3v) is 3.39. The summed E-state index contributed by atoms with van der Waals surface area (Å²) in [4.78, 5) is 22.1. The van der Waals surface area contributed by atoms with E-state index in [1.807, 2.05) is 0 Å². The van der Waals surface area contributed by atoms with Gasteiger partial charge in [-0.05, 0) is 35.0 Å². The average molecular weight is 322 g/mol. The molecule has 0 unspecified atom stereocenters. The van der Waals surface area contributed by atoms with E-state index in [-0.39, 0.29) is 0 Å². The van der Waals surface area contributed by atoms with Crippen molar-refractivity contribution in [2.75, 3.05) is 14.2 Å². The zero-order valence-electron chi connectivity index (χ0n) is 13.6. The molecule has 0 aliphatic heterocycles. The summed E-state index contributed by atoms with van der Waals surface area (Å²) in [5.74, 6) is -0.858. The van der Waals surface area contributed by atoms with Crippen molar-refractivity contribution in [3.63, 3.8) is 0 Å². The molecule has 0 aliphatic carbocycles. The molecule has 0 saturated carbocycles. The van der Waals surface area contributed by atoms with Gasteiger partial charge in [0.05, 0.1) is 25.3 Å². The normalized spacial score (nSPS) is 9.58. The molecule has 0 saturated heterocycles. The number of hydrogen-bond donors (Lipinski definition) is 0. The molecule has 4 nitrogen and oxygen atoms in total. The predicted molar refractivity (Wildman–Crippen MR) is 93.1 cm³/mol. The second kappa shape index (κ2) is 8.48. The monoisotopic (exact) mass is 322 g/mol. The Morgan fingerprint density at radius 2 is 0.875 bits per heavy atom. The first-order valence-corrected chi connectivity index (χ1v) is 7.36. The maximum Gasteiger partial charge on any atom is 0.337 e. The number of carbonyl (C=O) groups is 2. The van der Waals surface area contributed by atoms with Crippen molar-refractivity contribution in [3.8, 4) is 0 Å². The Labute approximate surface area is 140 Å². The summed E-state index contributed by atoms with van der Waals surface area (Å²) in [7, 11) is 2.60. The lowest BCUT2D eigenvalue weighted by Crippen LogP contribution is -2.04. The second-order valence-electron chi connectivity index (χ2n) is 4.91. The molecule has 122 valence electrons. The van der Waals surface area contributed by atoms with E-state index in [9.17, 15) is 9.59 Å². The molecule has 0 heterocycles. The molecule has 24 heavy (non-hydrogen) atoms. The van der Waals surface area contributed by atoms with Crippen LogP contribution in [0.2, 0.25) is 0 Å². The highest BCUT2D eigenvalue weighted by atomic mass is 16.5. The standard InChI is InChI=1S/C10H10O4.C10H8/c1-13-9(11)7-3-5-8(6-4-7)10(12)14-2;1-2-6-10-8-4-3-7-9(10)5-1/h3-6H,1-2H3;1-8H. The van der Waals surface area contributed by atoms with Crippen LogP contribution in [0.5, 0.6) is 0 Å². The van der Waals surface area contributed by atoms with Crippen LogP contribution < -0.4 is 0 Å². The number of benzene rings is 3. The second-order valence-corrected chi connectivity index (χ2v) is 4.91. The first kappa shape index (κ1) is 17.2. The first-order valence-electron chi connectivity index (χ1n) is 7.36. The lowest BCUT2D eigenvalue weighted by atomic mass is 10.1. The molecule has 0 aliphatic rings. The Kier molecular flexibility index (Phi) is 6.08. The summed E-state index contributed by atoms with van der Waals surface area (Å²) in [5.41, 5.74) is 0.806. The van der Waals surface area contributed by atoms with Gasteiger partial charge >= 0.3 is 11.9 Å². The van der Waals surface area contributed by atoms with Gasteiger partial charge in [-0.3, -0.25) is 0 Å². The zero-order valence-corrected chi connectivity index (χ0v) is 13.6. The van der Waals surface area contributed by atoms with Gasteiger partial charge in [0.25, 0.3) is 0 Å². The van der Waals surface area contributed by atoms with Gasteiger partial charge in [-0.15, -0.1) is 0 Å². The van der Waals surface area contributed by atoms with Gasteiger partial charge in [0, 0.05) is 0 Å². The molecule has 4 heteroatoms. The van der Waals surface area contributed by atoms with Crippen LogP contribution in [0.3, 0.4) is 0 Å². The predicted octanol–water partition coefficient (Wildman–Crippen LogP) is 4.10. The smallest absolute Gasteiger partial charge is 0.337 e. The average Bonchev–Trinajstić information content (AvgIpc) is 2.67. The summed E-state index contributed by atoms with van der Waals surface area (Å²) in [5, 5.41) is 2.62. The fourth-order valence-electron chi connectivity index (χ4n) is 2.11. The largest absolute Gasteiger partial charge is 0.465 e. The van der Waals surface area contributed by atoms with Crippen molar-refractivity contribution >= 4 is 22.7 Å². The van der Waals surface area contributed by atoms with Crippen LogP contribution in [0.1, 0.15) is 20.7 Å². The van der Waals surface area contributed by atoms with E-state index in [1.165, 1.54) is 49.3 Å². The third-order valence-electron chi connectivity index (χ3n) is 3.39. The van der Waals surface area contributed by atoms with Crippen LogP contribution in [-0.4, -0.2) is 26.2 Å². The Balaban J connectivity index is 0.000000182. The van der Waals surface area contributed by atoms with Crippen LogP contribution in [-0.2, 0) is 9.47 Å². The molecule has 0 atom stereocenters. The Morgan fingerprint density at radius 3 is 1.12 bits per heavy atom. The molecule has 0 radical (unpaired) electrons. The summed E-state index contributed by atoms with van der Waals surface area (Å²) in [6.45, 7) is 0. The van der Waals surface area contributed by atoms with Crippen molar-refractivity contribution in [3.05, 3.63) is 83.9 Å². The molecule has 0 amide bonds. The van der Waals surface area contributed by atoms with Crippen LogP contribution >= 0.6 is 0 Å². The molecule has 0 bridgehead atoms. The number of carbonyl (C=O) groups excluding carboxylic acids is 2. The van der Waals surface area contributed by atoms with Crippen molar-refractivity contribution in [2.24, 2.45) is 0 Å². The third kappa shape index (κ3) is 4.43. The number of esters is 2. The highest BCUT2D eigenvalue weighted by molar-refractivity contribution is 5.93. The van der Waals surface area contributed by atoms with Crippen LogP contribution in [0.15, 0.2) is 72.8 Å². The number of fused-ring (bicyclic) bond motifs is 1. The van der Waals surface area contributed by atoms with E-state index < -0.39 is 11.9 Å². The van der Waals surface area contributed by atoms with Gasteiger partial charge in [-0.2, -0.15) is 0 Å². The quantitative estimate of drug-likeness (QED) is 0.667. The molecule has 0 fully saturated rings. The fraction of sp³-hybridized carbons (Fsp3) is 0.100. The molecule has 3 aromatic carbocycles. The van der Waals surface area contributed by atoms with Gasteiger partial charge < -0.3 is 9.47 Å². The van der Waals surface area contributed by atoms with Crippen molar-refractivity contribution < 1.29 is 19.1 Å². The molecule has 0 aromatic heterocycles. The number of methoxy groups -OCH3 is 2. The van der Waals surface area contributed by atoms with Gasteiger partial charge in [0.2, 0.25) is 0 Å². The lowest BCUT2D eigenvalue weighted by molar-refractivity contribution is 0.0586. The minimum atomic E-state index is -0.429. The SMILES string of the molecule is COC(=O)c1ccc(C(=O)OC)cc1.c1ccc2ccccc2c1. The minimum Gasteiger partial charge on any atom is -0.465 e.